The monoisotopic (exact) mass is 275 g/mol. The van der Waals surface area contributed by atoms with Crippen molar-refractivity contribution in [3.05, 3.63) is 59.0 Å². The summed E-state index contributed by atoms with van der Waals surface area (Å²) in [6, 6.07) is 10.3. The molecule has 0 aliphatic carbocycles. The smallest absolute Gasteiger partial charge is 0.142 e. The van der Waals surface area contributed by atoms with Gasteiger partial charge in [-0.05, 0) is 35.9 Å². The Morgan fingerprint density at radius 1 is 1.21 bits per heavy atom. The summed E-state index contributed by atoms with van der Waals surface area (Å²) in [4.78, 5) is 0. The lowest BCUT2D eigenvalue weighted by molar-refractivity contribution is 0.621. The minimum Gasteiger partial charge on any atom is -0.399 e. The Labute approximate surface area is 114 Å². The molecule has 5 heteroatoms. The van der Waals surface area contributed by atoms with Crippen molar-refractivity contribution in [3.63, 3.8) is 0 Å². The molecule has 3 rings (SSSR count). The third-order valence-corrected chi connectivity index (χ3v) is 3.29. The first-order valence-electron chi connectivity index (χ1n) is 5.78. The van der Waals surface area contributed by atoms with Gasteiger partial charge in [0.25, 0.3) is 0 Å². The van der Waals surface area contributed by atoms with Crippen LogP contribution in [-0.2, 0) is 6.54 Å². The molecule has 0 atom stereocenters. The van der Waals surface area contributed by atoms with Crippen molar-refractivity contribution in [1.29, 1.82) is 0 Å². The summed E-state index contributed by atoms with van der Waals surface area (Å²) in [5.41, 5.74) is 8.17. The number of benzene rings is 2. The molecule has 0 spiro atoms. The number of halogens is 2. The Balaban J connectivity index is 2.00. The van der Waals surface area contributed by atoms with Gasteiger partial charge in [0.15, 0.2) is 0 Å². The largest absolute Gasteiger partial charge is 0.399 e. The van der Waals surface area contributed by atoms with Crippen LogP contribution < -0.4 is 5.73 Å². The SMILES string of the molecule is Nc1ccc2cnn(Cc3ccc(Cl)c(F)c3)c2c1. The van der Waals surface area contributed by atoms with E-state index in [4.69, 9.17) is 17.3 Å². The van der Waals surface area contributed by atoms with Gasteiger partial charge in [0.1, 0.15) is 5.82 Å². The van der Waals surface area contributed by atoms with Crippen LogP contribution >= 0.6 is 11.6 Å². The Kier molecular flexibility index (Phi) is 2.87. The standard InChI is InChI=1S/C14H11ClFN3/c15-12-4-1-9(5-13(12)16)8-19-14-6-11(17)3-2-10(14)7-18-19/h1-7H,8,17H2. The van der Waals surface area contributed by atoms with Gasteiger partial charge >= 0.3 is 0 Å². The van der Waals surface area contributed by atoms with E-state index in [-0.39, 0.29) is 5.02 Å². The van der Waals surface area contributed by atoms with Gasteiger partial charge in [-0.3, -0.25) is 4.68 Å². The topological polar surface area (TPSA) is 43.8 Å². The van der Waals surface area contributed by atoms with E-state index in [9.17, 15) is 4.39 Å². The molecule has 0 bridgehead atoms. The number of fused-ring (bicyclic) bond motifs is 1. The van der Waals surface area contributed by atoms with E-state index >= 15 is 0 Å². The molecule has 3 aromatic rings. The second-order valence-corrected chi connectivity index (χ2v) is 4.78. The molecule has 0 fully saturated rings. The number of rotatable bonds is 2. The lowest BCUT2D eigenvalue weighted by atomic mass is 10.2. The van der Waals surface area contributed by atoms with Crippen molar-refractivity contribution >= 4 is 28.2 Å². The van der Waals surface area contributed by atoms with Crippen LogP contribution in [0.3, 0.4) is 0 Å². The van der Waals surface area contributed by atoms with E-state index in [0.29, 0.717) is 12.2 Å². The van der Waals surface area contributed by atoms with E-state index in [0.717, 1.165) is 16.5 Å². The van der Waals surface area contributed by atoms with E-state index < -0.39 is 5.82 Å². The van der Waals surface area contributed by atoms with Gasteiger partial charge in [-0.15, -0.1) is 0 Å². The molecule has 2 aromatic carbocycles. The molecule has 0 saturated heterocycles. The summed E-state index contributed by atoms with van der Waals surface area (Å²) >= 11 is 5.66. The highest BCUT2D eigenvalue weighted by Crippen LogP contribution is 2.20. The van der Waals surface area contributed by atoms with Gasteiger partial charge in [0.05, 0.1) is 23.3 Å². The highest BCUT2D eigenvalue weighted by atomic mass is 35.5. The quantitative estimate of drug-likeness (QED) is 0.728. The fourth-order valence-electron chi connectivity index (χ4n) is 2.02. The molecule has 3 nitrogen and oxygen atoms in total. The third kappa shape index (κ3) is 2.27. The maximum Gasteiger partial charge on any atom is 0.142 e. The van der Waals surface area contributed by atoms with Crippen molar-refractivity contribution < 1.29 is 4.39 Å². The molecule has 1 heterocycles. The first-order valence-corrected chi connectivity index (χ1v) is 6.16. The predicted molar refractivity (Wildman–Crippen MR) is 74.7 cm³/mol. The molecule has 0 saturated carbocycles. The van der Waals surface area contributed by atoms with Crippen LogP contribution in [0.4, 0.5) is 10.1 Å². The highest BCUT2D eigenvalue weighted by molar-refractivity contribution is 6.30. The molecule has 96 valence electrons. The first-order chi connectivity index (χ1) is 9.13. The molecule has 0 radical (unpaired) electrons. The number of nitrogens with zero attached hydrogens (tertiary/aromatic N) is 2. The lowest BCUT2D eigenvalue weighted by Crippen LogP contribution is -2.02. The van der Waals surface area contributed by atoms with Crippen LogP contribution in [-0.4, -0.2) is 9.78 Å². The summed E-state index contributed by atoms with van der Waals surface area (Å²) in [6.07, 6.45) is 1.76. The molecule has 19 heavy (non-hydrogen) atoms. The zero-order chi connectivity index (χ0) is 13.4. The number of nitrogen functional groups attached to an aromatic ring is 1. The molecule has 0 unspecified atom stereocenters. The van der Waals surface area contributed by atoms with Crippen LogP contribution in [0.2, 0.25) is 5.02 Å². The second-order valence-electron chi connectivity index (χ2n) is 4.37. The first kappa shape index (κ1) is 12.0. The number of hydrogen-bond acceptors (Lipinski definition) is 2. The zero-order valence-corrected chi connectivity index (χ0v) is 10.7. The fraction of sp³-hybridized carbons (Fsp3) is 0.0714. The zero-order valence-electron chi connectivity index (χ0n) is 9.98. The molecular weight excluding hydrogens is 265 g/mol. The average molecular weight is 276 g/mol. The van der Waals surface area contributed by atoms with E-state index in [2.05, 4.69) is 5.10 Å². The van der Waals surface area contributed by atoms with Crippen LogP contribution in [0.1, 0.15) is 5.56 Å². The average Bonchev–Trinajstić information content (AvgIpc) is 2.77. The number of aromatic nitrogens is 2. The van der Waals surface area contributed by atoms with Gasteiger partial charge in [-0.25, -0.2) is 4.39 Å². The Hall–Kier alpha value is -2.07. The number of hydrogen-bond donors (Lipinski definition) is 1. The van der Waals surface area contributed by atoms with E-state index in [1.165, 1.54) is 6.07 Å². The lowest BCUT2D eigenvalue weighted by Gasteiger charge is -2.05. The van der Waals surface area contributed by atoms with Gasteiger partial charge in [0.2, 0.25) is 0 Å². The molecule has 2 N–H and O–H groups in total. The van der Waals surface area contributed by atoms with E-state index in [1.54, 1.807) is 23.0 Å². The van der Waals surface area contributed by atoms with Crippen LogP contribution in [0.5, 0.6) is 0 Å². The van der Waals surface area contributed by atoms with Crippen LogP contribution in [0.25, 0.3) is 10.9 Å². The number of anilines is 1. The van der Waals surface area contributed by atoms with Crippen molar-refractivity contribution in [3.8, 4) is 0 Å². The molecule has 0 amide bonds. The third-order valence-electron chi connectivity index (χ3n) is 2.99. The Morgan fingerprint density at radius 3 is 2.84 bits per heavy atom. The van der Waals surface area contributed by atoms with Gasteiger partial charge in [-0.2, -0.15) is 5.10 Å². The van der Waals surface area contributed by atoms with Gasteiger partial charge < -0.3 is 5.73 Å². The maximum absolute atomic E-state index is 13.4. The fourth-order valence-corrected chi connectivity index (χ4v) is 2.14. The van der Waals surface area contributed by atoms with Crippen molar-refractivity contribution in [2.75, 3.05) is 5.73 Å². The van der Waals surface area contributed by atoms with Crippen molar-refractivity contribution in [1.82, 2.24) is 9.78 Å². The van der Waals surface area contributed by atoms with Crippen molar-refractivity contribution in [2.45, 2.75) is 6.54 Å². The molecular formula is C14H11ClFN3. The second kappa shape index (κ2) is 4.55. The van der Waals surface area contributed by atoms with E-state index in [1.807, 2.05) is 18.2 Å². The summed E-state index contributed by atoms with van der Waals surface area (Å²) in [5.74, 6) is -0.421. The van der Waals surface area contributed by atoms with Crippen LogP contribution in [0.15, 0.2) is 42.6 Å². The predicted octanol–water partition coefficient (Wildman–Crippen LogP) is 3.46. The van der Waals surface area contributed by atoms with Gasteiger partial charge in [0, 0.05) is 11.1 Å². The minimum absolute atomic E-state index is 0.123. The molecule has 0 aliphatic rings. The molecule has 0 aliphatic heterocycles. The van der Waals surface area contributed by atoms with Gasteiger partial charge in [-0.1, -0.05) is 17.7 Å². The summed E-state index contributed by atoms with van der Waals surface area (Å²) < 4.78 is 15.2. The normalized spacial score (nSPS) is 11.1. The number of nitrogens with two attached hydrogens (primary N) is 1. The van der Waals surface area contributed by atoms with Crippen molar-refractivity contribution in [2.24, 2.45) is 0 Å². The highest BCUT2D eigenvalue weighted by Gasteiger charge is 2.06. The van der Waals surface area contributed by atoms with Crippen LogP contribution in [0, 0.1) is 5.82 Å². The Bertz CT molecular complexity index is 752. The Morgan fingerprint density at radius 2 is 2.05 bits per heavy atom. The molecule has 1 aromatic heterocycles. The minimum atomic E-state index is -0.421. The maximum atomic E-state index is 13.4. The summed E-state index contributed by atoms with van der Waals surface area (Å²) in [5, 5.41) is 5.42. The summed E-state index contributed by atoms with van der Waals surface area (Å²) in [7, 11) is 0. The summed E-state index contributed by atoms with van der Waals surface area (Å²) in [6.45, 7) is 0.473.